The second-order valence-electron chi connectivity index (χ2n) is 10.6. The Bertz CT molecular complexity index is 1680. The maximum atomic E-state index is 13.8. The van der Waals surface area contributed by atoms with Gasteiger partial charge in [0.2, 0.25) is 0 Å². The first kappa shape index (κ1) is 24.5. The molecule has 3 N–H and O–H groups in total. The van der Waals surface area contributed by atoms with E-state index in [2.05, 4.69) is 26.1 Å². The first-order valence-electron chi connectivity index (χ1n) is 13.7. The molecule has 1 amide bonds. The summed E-state index contributed by atoms with van der Waals surface area (Å²) in [6.07, 6.45) is 8.71. The summed E-state index contributed by atoms with van der Waals surface area (Å²) in [5.74, 6) is 0.331. The van der Waals surface area contributed by atoms with Crippen molar-refractivity contribution in [1.82, 2.24) is 39.5 Å². The number of aromatic nitrogens is 7. The SMILES string of the molecule is Cn1nccc1C(NC(=O)c1ccccc1)(c1cc(-c2ccnn2C2CCOCC2)c2c(N)ncnn12)C1CC1. The molecule has 5 heterocycles. The zero-order valence-electron chi connectivity index (χ0n) is 22.3. The monoisotopic (exact) mass is 537 g/mol. The highest BCUT2D eigenvalue weighted by Crippen LogP contribution is 2.51. The highest BCUT2D eigenvalue weighted by molar-refractivity contribution is 5.95. The molecule has 7 rings (SSSR count). The number of carbonyl (C=O) groups excluding carboxylic acids is 1. The predicted molar refractivity (Wildman–Crippen MR) is 148 cm³/mol. The topological polar surface area (TPSA) is 130 Å². The summed E-state index contributed by atoms with van der Waals surface area (Å²) in [7, 11) is 1.90. The second-order valence-corrected chi connectivity index (χ2v) is 10.6. The molecule has 1 aliphatic heterocycles. The van der Waals surface area contributed by atoms with Crippen LogP contribution < -0.4 is 11.1 Å². The molecule has 11 nitrogen and oxygen atoms in total. The van der Waals surface area contributed by atoms with Crippen molar-refractivity contribution in [2.24, 2.45) is 13.0 Å². The smallest absolute Gasteiger partial charge is 0.252 e. The van der Waals surface area contributed by atoms with Crippen molar-refractivity contribution in [3.63, 3.8) is 0 Å². The average molecular weight is 538 g/mol. The molecule has 1 unspecified atom stereocenters. The Morgan fingerprint density at radius 2 is 1.77 bits per heavy atom. The second kappa shape index (κ2) is 9.60. The summed E-state index contributed by atoms with van der Waals surface area (Å²) >= 11 is 0. The first-order chi connectivity index (χ1) is 19.6. The van der Waals surface area contributed by atoms with E-state index in [0.29, 0.717) is 30.1 Å². The Balaban J connectivity index is 1.47. The number of carbonyl (C=O) groups is 1. The molecule has 2 aliphatic rings. The molecule has 0 radical (unpaired) electrons. The van der Waals surface area contributed by atoms with Gasteiger partial charge < -0.3 is 15.8 Å². The molecule has 1 saturated carbocycles. The Hall–Kier alpha value is -4.51. The number of ether oxygens (including phenoxy) is 1. The number of anilines is 1. The molecule has 204 valence electrons. The molecular weight excluding hydrogens is 506 g/mol. The van der Waals surface area contributed by atoms with Gasteiger partial charge >= 0.3 is 0 Å². The van der Waals surface area contributed by atoms with Crippen LogP contribution in [0.5, 0.6) is 0 Å². The first-order valence-corrected chi connectivity index (χ1v) is 13.7. The molecule has 5 aromatic rings. The number of nitrogens with zero attached hydrogens (tertiary/aromatic N) is 7. The van der Waals surface area contributed by atoms with E-state index in [1.165, 1.54) is 6.33 Å². The Labute approximate surface area is 231 Å². The van der Waals surface area contributed by atoms with Crippen LogP contribution in [0.4, 0.5) is 5.82 Å². The van der Waals surface area contributed by atoms with E-state index in [1.54, 1.807) is 6.20 Å². The van der Waals surface area contributed by atoms with Gasteiger partial charge in [0, 0.05) is 43.8 Å². The lowest BCUT2D eigenvalue weighted by Crippen LogP contribution is -2.50. The number of benzene rings is 1. The number of nitrogens with one attached hydrogen (secondary N) is 1. The summed E-state index contributed by atoms with van der Waals surface area (Å²) in [6, 6.07) is 15.6. The number of amides is 1. The van der Waals surface area contributed by atoms with Gasteiger partial charge in [-0.25, -0.2) is 9.50 Å². The highest BCUT2D eigenvalue weighted by atomic mass is 16.5. The quantitative estimate of drug-likeness (QED) is 0.326. The van der Waals surface area contributed by atoms with Crippen molar-refractivity contribution in [1.29, 1.82) is 0 Å². The predicted octanol–water partition coefficient (Wildman–Crippen LogP) is 3.34. The van der Waals surface area contributed by atoms with Crippen molar-refractivity contribution in [3.8, 4) is 11.3 Å². The van der Waals surface area contributed by atoms with Gasteiger partial charge in [-0.2, -0.15) is 15.3 Å². The third kappa shape index (κ3) is 3.88. The summed E-state index contributed by atoms with van der Waals surface area (Å²) in [5, 5.41) is 17.4. The van der Waals surface area contributed by atoms with Gasteiger partial charge in [-0.1, -0.05) is 18.2 Å². The minimum Gasteiger partial charge on any atom is -0.382 e. The summed E-state index contributed by atoms with van der Waals surface area (Å²) in [5.41, 5.74) is 10.4. The number of nitrogen functional groups attached to an aromatic ring is 1. The van der Waals surface area contributed by atoms with Crippen LogP contribution in [-0.4, -0.2) is 53.3 Å². The lowest BCUT2D eigenvalue weighted by atomic mass is 9.84. The van der Waals surface area contributed by atoms with E-state index >= 15 is 0 Å². The molecular formula is C29H31N9O2. The number of hydrogen-bond acceptors (Lipinski definition) is 7. The van der Waals surface area contributed by atoms with Crippen LogP contribution in [-0.2, 0) is 17.3 Å². The largest absolute Gasteiger partial charge is 0.382 e. The maximum absolute atomic E-state index is 13.8. The standard InChI is InChI=1S/C29H31N9O2/c1-36-24(10-14-32-36)29(20-7-8-20,35-28(39)19-5-3-2-4-6-19)25-17-22(26-27(30)31-18-34-38(25)26)23-9-13-33-37(23)21-11-15-40-16-12-21/h2-6,9-10,13-14,17-18,20-21H,7-8,11-12,15-16H2,1H3,(H,35,39)(H2,30,31,34). The third-order valence-corrected chi connectivity index (χ3v) is 8.23. The average Bonchev–Trinajstić information content (AvgIpc) is 3.37. The molecule has 1 aromatic carbocycles. The van der Waals surface area contributed by atoms with Crippen LogP contribution in [0.1, 0.15) is 53.5 Å². The molecule has 2 fully saturated rings. The minimum absolute atomic E-state index is 0.137. The van der Waals surface area contributed by atoms with E-state index in [-0.39, 0.29) is 17.9 Å². The number of nitrogens with two attached hydrogens (primary N) is 1. The van der Waals surface area contributed by atoms with Gasteiger partial charge in [0.15, 0.2) is 5.82 Å². The molecule has 0 spiro atoms. The minimum atomic E-state index is -0.913. The number of rotatable bonds is 7. The summed E-state index contributed by atoms with van der Waals surface area (Å²) < 4.78 is 11.4. The zero-order valence-corrected chi connectivity index (χ0v) is 22.3. The van der Waals surface area contributed by atoms with E-state index < -0.39 is 5.54 Å². The van der Waals surface area contributed by atoms with Crippen LogP contribution in [0.25, 0.3) is 16.8 Å². The molecule has 0 bridgehead atoms. The number of hydrogen-bond donors (Lipinski definition) is 2. The van der Waals surface area contributed by atoms with E-state index in [9.17, 15) is 4.79 Å². The fraction of sp³-hybridized carbons (Fsp3) is 0.345. The molecule has 1 atom stereocenters. The van der Waals surface area contributed by atoms with Crippen LogP contribution in [0.2, 0.25) is 0 Å². The Kier molecular flexibility index (Phi) is 5.88. The summed E-state index contributed by atoms with van der Waals surface area (Å²) in [4.78, 5) is 18.2. The van der Waals surface area contributed by atoms with Crippen LogP contribution in [0.15, 0.2) is 67.3 Å². The van der Waals surface area contributed by atoms with Crippen LogP contribution in [0.3, 0.4) is 0 Å². The van der Waals surface area contributed by atoms with Crippen molar-refractivity contribution in [3.05, 3.63) is 84.2 Å². The molecule has 1 saturated heterocycles. The van der Waals surface area contributed by atoms with Gasteiger partial charge in [-0.05, 0) is 61.9 Å². The third-order valence-electron chi connectivity index (χ3n) is 8.23. The highest BCUT2D eigenvalue weighted by Gasteiger charge is 2.53. The normalized spacial score (nSPS) is 17.6. The molecule has 11 heteroatoms. The van der Waals surface area contributed by atoms with Gasteiger partial charge in [0.1, 0.15) is 17.4 Å². The van der Waals surface area contributed by atoms with Crippen LogP contribution in [0, 0.1) is 5.92 Å². The molecule has 40 heavy (non-hydrogen) atoms. The van der Waals surface area contributed by atoms with E-state index in [0.717, 1.165) is 48.3 Å². The van der Waals surface area contributed by atoms with Crippen molar-refractivity contribution in [2.75, 3.05) is 18.9 Å². The van der Waals surface area contributed by atoms with Gasteiger partial charge in [-0.15, -0.1) is 0 Å². The molecule has 4 aromatic heterocycles. The number of aryl methyl sites for hydroxylation is 1. The van der Waals surface area contributed by atoms with Gasteiger partial charge in [0.25, 0.3) is 5.91 Å². The van der Waals surface area contributed by atoms with Gasteiger partial charge in [0.05, 0.1) is 23.1 Å². The zero-order chi connectivity index (χ0) is 27.3. The maximum Gasteiger partial charge on any atom is 0.252 e. The Morgan fingerprint density at radius 3 is 2.50 bits per heavy atom. The number of fused-ring (bicyclic) bond motifs is 1. The van der Waals surface area contributed by atoms with E-state index in [1.807, 2.05) is 64.9 Å². The van der Waals surface area contributed by atoms with Crippen molar-refractivity contribution in [2.45, 2.75) is 37.3 Å². The fourth-order valence-electron chi connectivity index (χ4n) is 6.19. The summed E-state index contributed by atoms with van der Waals surface area (Å²) in [6.45, 7) is 1.40. The van der Waals surface area contributed by atoms with Gasteiger partial charge in [-0.3, -0.25) is 14.2 Å². The van der Waals surface area contributed by atoms with Crippen molar-refractivity contribution >= 4 is 17.2 Å². The Morgan fingerprint density at radius 1 is 1.00 bits per heavy atom. The van der Waals surface area contributed by atoms with Crippen molar-refractivity contribution < 1.29 is 9.53 Å². The van der Waals surface area contributed by atoms with Crippen LogP contribution >= 0.6 is 0 Å². The lowest BCUT2D eigenvalue weighted by molar-refractivity contribution is 0.0667. The van der Waals surface area contributed by atoms with E-state index in [4.69, 9.17) is 20.7 Å². The molecule has 1 aliphatic carbocycles. The lowest BCUT2D eigenvalue weighted by Gasteiger charge is -2.35. The fourth-order valence-corrected chi connectivity index (χ4v) is 6.19.